The van der Waals surface area contributed by atoms with E-state index in [2.05, 4.69) is 15.4 Å². The topological polar surface area (TPSA) is 106 Å². The van der Waals surface area contributed by atoms with Gasteiger partial charge >= 0.3 is 12.1 Å². The minimum Gasteiger partial charge on any atom is -0.478 e. The molecule has 1 amide bonds. The molecule has 0 saturated carbocycles. The van der Waals surface area contributed by atoms with E-state index in [9.17, 15) is 9.59 Å². The molecular formula is C12H14N4O4. The Morgan fingerprint density at radius 2 is 2.10 bits per heavy atom. The van der Waals surface area contributed by atoms with Gasteiger partial charge in [-0.2, -0.15) is 5.10 Å². The molecule has 0 unspecified atom stereocenters. The lowest BCUT2D eigenvalue weighted by Crippen LogP contribution is -2.27. The summed E-state index contributed by atoms with van der Waals surface area (Å²) in [6.45, 7) is 5.17. The molecule has 8 nitrogen and oxygen atoms in total. The molecule has 0 aliphatic rings. The van der Waals surface area contributed by atoms with Gasteiger partial charge in [-0.25, -0.2) is 19.1 Å². The van der Waals surface area contributed by atoms with E-state index in [1.165, 1.54) is 23.1 Å². The molecule has 106 valence electrons. The maximum Gasteiger partial charge on any atom is 0.413 e. The fourth-order valence-corrected chi connectivity index (χ4v) is 1.59. The second-order valence-corrected chi connectivity index (χ2v) is 5.06. The van der Waals surface area contributed by atoms with Crippen LogP contribution in [0, 0.1) is 0 Å². The van der Waals surface area contributed by atoms with E-state index in [0.29, 0.717) is 0 Å². The van der Waals surface area contributed by atoms with Crippen molar-refractivity contribution >= 4 is 23.4 Å². The molecule has 2 N–H and O–H groups in total. The summed E-state index contributed by atoms with van der Waals surface area (Å²) in [5, 5.41) is 15.4. The van der Waals surface area contributed by atoms with Crippen molar-refractivity contribution in [3.8, 4) is 0 Å². The Bertz CT molecular complexity index is 672. The molecule has 0 bridgehead atoms. The highest BCUT2D eigenvalue weighted by molar-refractivity contribution is 6.01. The van der Waals surface area contributed by atoms with Crippen LogP contribution in [0.4, 0.5) is 10.6 Å². The summed E-state index contributed by atoms with van der Waals surface area (Å²) in [5.41, 5.74) is -0.514. The Morgan fingerprint density at radius 3 is 2.70 bits per heavy atom. The van der Waals surface area contributed by atoms with Crippen molar-refractivity contribution in [1.82, 2.24) is 14.6 Å². The monoisotopic (exact) mass is 278 g/mol. The molecule has 0 saturated heterocycles. The van der Waals surface area contributed by atoms with Crippen LogP contribution >= 0.6 is 0 Å². The number of aromatic nitrogens is 3. The van der Waals surface area contributed by atoms with Gasteiger partial charge in [0, 0.05) is 12.4 Å². The van der Waals surface area contributed by atoms with E-state index in [4.69, 9.17) is 9.84 Å². The molecule has 2 heterocycles. The van der Waals surface area contributed by atoms with E-state index >= 15 is 0 Å². The van der Waals surface area contributed by atoms with Gasteiger partial charge in [-0.3, -0.25) is 5.32 Å². The van der Waals surface area contributed by atoms with Crippen LogP contribution in [0.25, 0.3) is 5.52 Å². The van der Waals surface area contributed by atoms with Crippen LogP contribution in [-0.4, -0.2) is 37.4 Å². The third-order valence-electron chi connectivity index (χ3n) is 2.28. The average molecular weight is 278 g/mol. The minimum atomic E-state index is -1.15. The minimum absolute atomic E-state index is 0.0517. The number of fused-ring (bicyclic) bond motifs is 1. The van der Waals surface area contributed by atoms with Gasteiger partial charge in [0.25, 0.3) is 0 Å². The van der Waals surface area contributed by atoms with Gasteiger partial charge in [0.05, 0.1) is 6.20 Å². The molecule has 2 rings (SSSR count). The number of carbonyl (C=O) groups excluding carboxylic acids is 1. The first-order chi connectivity index (χ1) is 9.28. The highest BCUT2D eigenvalue weighted by Crippen LogP contribution is 2.19. The molecule has 8 heteroatoms. The van der Waals surface area contributed by atoms with E-state index in [-0.39, 0.29) is 16.9 Å². The van der Waals surface area contributed by atoms with E-state index < -0.39 is 17.7 Å². The van der Waals surface area contributed by atoms with Crippen molar-refractivity contribution in [2.75, 3.05) is 5.32 Å². The lowest BCUT2D eigenvalue weighted by Gasteiger charge is -2.19. The average Bonchev–Trinajstić information content (AvgIpc) is 2.71. The van der Waals surface area contributed by atoms with Crippen LogP contribution in [0.1, 0.15) is 31.1 Å². The van der Waals surface area contributed by atoms with Gasteiger partial charge in [-0.1, -0.05) is 0 Å². The summed E-state index contributed by atoms with van der Waals surface area (Å²) in [4.78, 5) is 26.8. The normalized spacial score (nSPS) is 11.3. The van der Waals surface area contributed by atoms with Gasteiger partial charge in [0.15, 0.2) is 5.82 Å². The molecule has 0 aliphatic carbocycles. The van der Waals surface area contributed by atoms with E-state index in [1.54, 1.807) is 20.8 Å². The zero-order valence-corrected chi connectivity index (χ0v) is 11.2. The predicted octanol–water partition coefficient (Wildman–Crippen LogP) is 1.77. The Kier molecular flexibility index (Phi) is 3.31. The number of hydrogen-bond donors (Lipinski definition) is 2. The van der Waals surface area contributed by atoms with Crippen molar-refractivity contribution in [3.63, 3.8) is 0 Å². The van der Waals surface area contributed by atoms with Gasteiger partial charge in [0.2, 0.25) is 0 Å². The smallest absolute Gasteiger partial charge is 0.413 e. The largest absolute Gasteiger partial charge is 0.478 e. The predicted molar refractivity (Wildman–Crippen MR) is 69.8 cm³/mol. The maximum absolute atomic E-state index is 11.7. The number of hydrogen-bond acceptors (Lipinski definition) is 5. The van der Waals surface area contributed by atoms with Gasteiger partial charge in [-0.05, 0) is 20.8 Å². The second-order valence-electron chi connectivity index (χ2n) is 5.06. The van der Waals surface area contributed by atoms with Crippen LogP contribution in [0.15, 0.2) is 18.6 Å². The summed E-state index contributed by atoms with van der Waals surface area (Å²) >= 11 is 0. The zero-order valence-electron chi connectivity index (χ0n) is 11.2. The quantitative estimate of drug-likeness (QED) is 0.867. The van der Waals surface area contributed by atoms with E-state index in [1.807, 2.05) is 0 Å². The summed E-state index contributed by atoms with van der Waals surface area (Å²) in [5.74, 6) is -1.07. The summed E-state index contributed by atoms with van der Waals surface area (Å²) < 4.78 is 6.42. The maximum atomic E-state index is 11.7. The number of ether oxygens (including phenoxy) is 1. The number of carboxylic acids is 1. The van der Waals surface area contributed by atoms with Crippen molar-refractivity contribution in [2.45, 2.75) is 26.4 Å². The standard InChI is InChI=1S/C12H14N4O4/c1-12(2,3)20-11(19)15-9-8-7(10(17)18)6-14-16(8)5-4-13-9/h4-6H,1-3H3,(H,17,18)(H,13,15,19). The van der Waals surface area contributed by atoms with Crippen LogP contribution < -0.4 is 5.32 Å². The van der Waals surface area contributed by atoms with Crippen molar-refractivity contribution in [3.05, 3.63) is 24.2 Å². The molecule has 2 aromatic rings. The number of carboxylic acid groups (broad SMARTS) is 1. The molecule has 0 fully saturated rings. The third-order valence-corrected chi connectivity index (χ3v) is 2.28. The number of amides is 1. The first kappa shape index (κ1) is 13.8. The number of nitrogens with zero attached hydrogens (tertiary/aromatic N) is 3. The molecule has 20 heavy (non-hydrogen) atoms. The first-order valence-electron chi connectivity index (χ1n) is 5.83. The number of rotatable bonds is 2. The summed E-state index contributed by atoms with van der Waals surface area (Å²) in [6.07, 6.45) is 3.37. The number of anilines is 1. The Hall–Kier alpha value is -2.64. The highest BCUT2D eigenvalue weighted by Gasteiger charge is 2.20. The Morgan fingerprint density at radius 1 is 1.40 bits per heavy atom. The second kappa shape index (κ2) is 4.80. The molecule has 0 spiro atoms. The van der Waals surface area contributed by atoms with Gasteiger partial charge in [-0.15, -0.1) is 0 Å². The molecule has 2 aromatic heterocycles. The van der Waals surface area contributed by atoms with Crippen molar-refractivity contribution in [2.24, 2.45) is 0 Å². The van der Waals surface area contributed by atoms with Crippen molar-refractivity contribution in [1.29, 1.82) is 0 Å². The van der Waals surface area contributed by atoms with Crippen molar-refractivity contribution < 1.29 is 19.4 Å². The highest BCUT2D eigenvalue weighted by atomic mass is 16.6. The molecule has 0 aromatic carbocycles. The number of aromatic carboxylic acids is 1. The zero-order chi connectivity index (χ0) is 14.9. The van der Waals surface area contributed by atoms with Crippen LogP contribution in [0.3, 0.4) is 0 Å². The van der Waals surface area contributed by atoms with E-state index in [0.717, 1.165) is 0 Å². The molecular weight excluding hydrogens is 264 g/mol. The van der Waals surface area contributed by atoms with Gasteiger partial charge < -0.3 is 9.84 Å². The molecule has 0 aliphatic heterocycles. The van der Waals surface area contributed by atoms with Crippen LogP contribution in [0.5, 0.6) is 0 Å². The molecule has 0 radical (unpaired) electrons. The summed E-state index contributed by atoms with van der Waals surface area (Å²) in [7, 11) is 0. The fourth-order valence-electron chi connectivity index (χ4n) is 1.59. The number of nitrogens with one attached hydrogen (secondary N) is 1. The van der Waals surface area contributed by atoms with Crippen LogP contribution in [0.2, 0.25) is 0 Å². The summed E-state index contributed by atoms with van der Waals surface area (Å²) in [6, 6.07) is 0. The lowest BCUT2D eigenvalue weighted by atomic mass is 10.2. The fraction of sp³-hybridized carbons (Fsp3) is 0.333. The van der Waals surface area contributed by atoms with Gasteiger partial charge in [0.1, 0.15) is 16.7 Å². The third kappa shape index (κ3) is 2.85. The Labute approximate surface area is 114 Å². The SMILES string of the molecule is CC(C)(C)OC(=O)Nc1nccn2ncc(C(=O)O)c12. The van der Waals surface area contributed by atoms with Crippen LogP contribution in [-0.2, 0) is 4.74 Å². The number of carbonyl (C=O) groups is 2. The lowest BCUT2D eigenvalue weighted by molar-refractivity contribution is 0.0632. The Balaban J connectivity index is 2.37. The molecule has 0 atom stereocenters. The first-order valence-corrected chi connectivity index (χ1v) is 5.83.